The molecule has 1 aromatic heterocycles. The Morgan fingerprint density at radius 3 is 2.60 bits per heavy atom. The summed E-state index contributed by atoms with van der Waals surface area (Å²) < 4.78 is 5.49. The number of nitriles is 1. The van der Waals surface area contributed by atoms with Crippen molar-refractivity contribution in [2.24, 2.45) is 0 Å². The van der Waals surface area contributed by atoms with Gasteiger partial charge < -0.3 is 10.1 Å². The van der Waals surface area contributed by atoms with Crippen LogP contribution in [0.1, 0.15) is 28.4 Å². The third-order valence-electron chi connectivity index (χ3n) is 4.70. The van der Waals surface area contributed by atoms with Crippen LogP contribution < -0.4 is 5.32 Å². The average Bonchev–Trinajstić information content (AvgIpc) is 2.66. The van der Waals surface area contributed by atoms with Gasteiger partial charge in [-0.1, -0.05) is 30.3 Å². The van der Waals surface area contributed by atoms with Gasteiger partial charge in [0.15, 0.2) is 5.82 Å². The van der Waals surface area contributed by atoms with Crippen LogP contribution in [0.4, 0.5) is 5.82 Å². The molecular formula is C19H23N5O. The van der Waals surface area contributed by atoms with Gasteiger partial charge in [0.05, 0.1) is 24.9 Å². The van der Waals surface area contributed by atoms with Crippen molar-refractivity contribution in [3.8, 4) is 6.07 Å². The highest BCUT2D eigenvalue weighted by atomic mass is 16.5. The number of aromatic nitrogens is 2. The summed E-state index contributed by atoms with van der Waals surface area (Å²) in [6.45, 7) is 7.72. The summed E-state index contributed by atoms with van der Waals surface area (Å²) in [5.74, 6) is 0.555. The topological polar surface area (TPSA) is 74.1 Å². The molecule has 1 aliphatic rings. The van der Waals surface area contributed by atoms with E-state index in [2.05, 4.69) is 50.7 Å². The van der Waals surface area contributed by atoms with Crippen molar-refractivity contribution in [3.63, 3.8) is 0 Å². The van der Waals surface area contributed by atoms with E-state index in [1.807, 2.05) is 19.9 Å². The summed E-state index contributed by atoms with van der Waals surface area (Å²) >= 11 is 0. The van der Waals surface area contributed by atoms with E-state index in [0.29, 0.717) is 17.9 Å². The predicted octanol–water partition coefficient (Wildman–Crippen LogP) is 2.45. The van der Waals surface area contributed by atoms with Crippen molar-refractivity contribution in [2.45, 2.75) is 19.9 Å². The summed E-state index contributed by atoms with van der Waals surface area (Å²) in [6.07, 6.45) is 0. The Hall–Kier alpha value is -2.49. The molecule has 6 heteroatoms. The first-order valence-corrected chi connectivity index (χ1v) is 8.55. The number of morpholine rings is 1. The van der Waals surface area contributed by atoms with E-state index in [0.717, 1.165) is 37.6 Å². The highest BCUT2D eigenvalue weighted by molar-refractivity contribution is 5.55. The minimum atomic E-state index is 0.194. The van der Waals surface area contributed by atoms with Gasteiger partial charge in [0.1, 0.15) is 11.6 Å². The molecule has 0 amide bonds. The summed E-state index contributed by atoms with van der Waals surface area (Å²) in [5, 5.41) is 21.2. The zero-order valence-corrected chi connectivity index (χ0v) is 14.7. The molecule has 1 fully saturated rings. The van der Waals surface area contributed by atoms with Gasteiger partial charge in [-0.3, -0.25) is 4.90 Å². The van der Waals surface area contributed by atoms with Crippen molar-refractivity contribution in [1.29, 1.82) is 5.26 Å². The minimum Gasteiger partial charge on any atom is -0.379 e. The van der Waals surface area contributed by atoms with Gasteiger partial charge in [-0.15, -0.1) is 5.10 Å². The molecule has 1 atom stereocenters. The molecule has 0 saturated carbocycles. The normalized spacial score (nSPS) is 16.2. The lowest BCUT2D eigenvalue weighted by atomic mass is 10.0. The van der Waals surface area contributed by atoms with Crippen LogP contribution in [-0.2, 0) is 4.74 Å². The van der Waals surface area contributed by atoms with Gasteiger partial charge in [0.2, 0.25) is 0 Å². The zero-order valence-electron chi connectivity index (χ0n) is 14.7. The van der Waals surface area contributed by atoms with E-state index in [1.54, 1.807) is 0 Å². The molecule has 6 nitrogen and oxygen atoms in total. The molecule has 1 N–H and O–H groups in total. The quantitative estimate of drug-likeness (QED) is 0.903. The van der Waals surface area contributed by atoms with Gasteiger partial charge in [0, 0.05) is 19.6 Å². The number of hydrogen-bond acceptors (Lipinski definition) is 6. The van der Waals surface area contributed by atoms with Gasteiger partial charge in [0.25, 0.3) is 0 Å². The van der Waals surface area contributed by atoms with Crippen LogP contribution >= 0.6 is 0 Å². The summed E-state index contributed by atoms with van der Waals surface area (Å²) in [7, 11) is 0. The summed E-state index contributed by atoms with van der Waals surface area (Å²) in [6, 6.07) is 12.9. The molecule has 0 spiro atoms. The monoisotopic (exact) mass is 337 g/mol. The lowest BCUT2D eigenvalue weighted by Gasteiger charge is -2.35. The fourth-order valence-electron chi connectivity index (χ4n) is 3.08. The van der Waals surface area contributed by atoms with Crippen LogP contribution in [0.2, 0.25) is 0 Å². The van der Waals surface area contributed by atoms with Crippen molar-refractivity contribution in [2.75, 3.05) is 38.2 Å². The third-order valence-corrected chi connectivity index (χ3v) is 4.70. The molecular weight excluding hydrogens is 314 g/mol. The van der Waals surface area contributed by atoms with Crippen molar-refractivity contribution in [3.05, 3.63) is 52.7 Å². The Kier molecular flexibility index (Phi) is 5.59. The molecule has 1 saturated heterocycles. The second-order valence-electron chi connectivity index (χ2n) is 6.20. The van der Waals surface area contributed by atoms with Crippen LogP contribution in [-0.4, -0.2) is 47.9 Å². The van der Waals surface area contributed by atoms with Crippen LogP contribution in [0.5, 0.6) is 0 Å². The average molecular weight is 337 g/mol. The molecule has 130 valence electrons. The van der Waals surface area contributed by atoms with Gasteiger partial charge in [-0.2, -0.15) is 10.4 Å². The Morgan fingerprint density at radius 1 is 1.20 bits per heavy atom. The number of ether oxygens (including phenoxy) is 1. The number of benzene rings is 1. The van der Waals surface area contributed by atoms with E-state index in [-0.39, 0.29) is 6.04 Å². The smallest absolute Gasteiger partial charge is 0.167 e. The van der Waals surface area contributed by atoms with E-state index < -0.39 is 0 Å². The Balaban J connectivity index is 1.82. The van der Waals surface area contributed by atoms with E-state index in [9.17, 15) is 5.26 Å². The van der Waals surface area contributed by atoms with Crippen LogP contribution in [0.15, 0.2) is 30.3 Å². The molecule has 0 aliphatic carbocycles. The van der Waals surface area contributed by atoms with Crippen LogP contribution in [0, 0.1) is 25.2 Å². The minimum absolute atomic E-state index is 0.194. The molecule has 0 unspecified atom stereocenters. The van der Waals surface area contributed by atoms with Crippen molar-refractivity contribution in [1.82, 2.24) is 15.1 Å². The third kappa shape index (κ3) is 3.95. The standard InChI is InChI=1S/C19H23N5O/c1-14-15(2)22-23-19(17(14)12-20)21-13-18(16-6-4-3-5-7-16)24-8-10-25-11-9-24/h3-7,18H,8-11,13H2,1-2H3,(H,21,23)/t18-/m0/s1. The highest BCUT2D eigenvalue weighted by Crippen LogP contribution is 2.24. The zero-order chi connectivity index (χ0) is 17.6. The molecule has 2 aromatic rings. The summed E-state index contributed by atoms with van der Waals surface area (Å²) in [5.41, 5.74) is 3.48. The molecule has 0 radical (unpaired) electrons. The number of anilines is 1. The molecule has 25 heavy (non-hydrogen) atoms. The first-order valence-electron chi connectivity index (χ1n) is 8.55. The van der Waals surface area contributed by atoms with Gasteiger partial charge >= 0.3 is 0 Å². The molecule has 2 heterocycles. The first-order chi connectivity index (χ1) is 12.2. The fourth-order valence-corrected chi connectivity index (χ4v) is 3.08. The highest BCUT2D eigenvalue weighted by Gasteiger charge is 2.23. The Bertz CT molecular complexity index is 750. The van der Waals surface area contributed by atoms with Gasteiger partial charge in [-0.25, -0.2) is 0 Å². The fraction of sp³-hybridized carbons (Fsp3) is 0.421. The maximum Gasteiger partial charge on any atom is 0.167 e. The largest absolute Gasteiger partial charge is 0.379 e. The van der Waals surface area contributed by atoms with E-state index in [4.69, 9.17) is 4.74 Å². The molecule has 1 aromatic carbocycles. The van der Waals surface area contributed by atoms with Crippen molar-refractivity contribution >= 4 is 5.82 Å². The molecule has 1 aliphatic heterocycles. The lowest BCUT2D eigenvalue weighted by molar-refractivity contribution is 0.0187. The van der Waals surface area contributed by atoms with Crippen LogP contribution in [0.3, 0.4) is 0 Å². The number of nitrogens with zero attached hydrogens (tertiary/aromatic N) is 4. The molecule has 3 rings (SSSR count). The number of rotatable bonds is 5. The Labute approximate surface area is 148 Å². The molecule has 0 bridgehead atoms. The number of nitrogens with one attached hydrogen (secondary N) is 1. The van der Waals surface area contributed by atoms with Crippen LogP contribution in [0.25, 0.3) is 0 Å². The predicted molar refractivity (Wildman–Crippen MR) is 96.3 cm³/mol. The van der Waals surface area contributed by atoms with Crippen molar-refractivity contribution < 1.29 is 4.74 Å². The Morgan fingerprint density at radius 2 is 1.92 bits per heavy atom. The maximum atomic E-state index is 9.47. The van der Waals surface area contributed by atoms with Gasteiger partial charge in [-0.05, 0) is 25.0 Å². The number of aryl methyl sites for hydroxylation is 1. The summed E-state index contributed by atoms with van der Waals surface area (Å²) in [4.78, 5) is 2.41. The lowest BCUT2D eigenvalue weighted by Crippen LogP contribution is -2.41. The second kappa shape index (κ2) is 8.06. The number of hydrogen-bond donors (Lipinski definition) is 1. The first kappa shape index (κ1) is 17.3. The second-order valence-corrected chi connectivity index (χ2v) is 6.20. The van der Waals surface area contributed by atoms with E-state index in [1.165, 1.54) is 5.56 Å². The maximum absolute atomic E-state index is 9.47. The SMILES string of the molecule is Cc1nnc(NC[C@@H](c2ccccc2)N2CCOCC2)c(C#N)c1C. The van der Waals surface area contributed by atoms with E-state index >= 15 is 0 Å².